The van der Waals surface area contributed by atoms with Crippen LogP contribution in [0.1, 0.15) is 67.4 Å². The Hall–Kier alpha value is -2.87. The number of ether oxygens (including phenoxy) is 1. The lowest BCUT2D eigenvalue weighted by Gasteiger charge is -2.44. The molecule has 2 aromatic rings. The molecular weight excluding hydrogens is 444 g/mol. The van der Waals surface area contributed by atoms with Gasteiger partial charge in [0.25, 0.3) is 5.91 Å². The summed E-state index contributed by atoms with van der Waals surface area (Å²) in [5.74, 6) is -0.638. The lowest BCUT2D eigenvalue weighted by Crippen LogP contribution is -2.65. The molecular formula is C24H29ClN4O4. The van der Waals surface area contributed by atoms with Crippen molar-refractivity contribution in [2.45, 2.75) is 64.6 Å². The maximum absolute atomic E-state index is 13.7. The Bertz CT molecular complexity index is 1080. The molecule has 1 aliphatic heterocycles. The summed E-state index contributed by atoms with van der Waals surface area (Å²) in [6.07, 6.45) is 3.94. The molecule has 2 heterocycles. The van der Waals surface area contributed by atoms with Gasteiger partial charge in [0.05, 0.1) is 13.2 Å². The Balaban J connectivity index is 1.72. The van der Waals surface area contributed by atoms with E-state index in [0.29, 0.717) is 16.6 Å². The van der Waals surface area contributed by atoms with E-state index >= 15 is 0 Å². The Kier molecular flexibility index (Phi) is 6.47. The van der Waals surface area contributed by atoms with Gasteiger partial charge in [-0.15, -0.1) is 0 Å². The fourth-order valence-electron chi connectivity index (χ4n) is 4.65. The number of rotatable bonds is 5. The Morgan fingerprint density at radius 3 is 2.64 bits per heavy atom. The topological polar surface area (TPSA) is 93.5 Å². The van der Waals surface area contributed by atoms with Crippen molar-refractivity contribution in [3.63, 3.8) is 0 Å². The van der Waals surface area contributed by atoms with Crippen LogP contribution in [-0.4, -0.2) is 45.8 Å². The molecule has 9 heteroatoms. The second-order valence-corrected chi connectivity index (χ2v) is 9.55. The van der Waals surface area contributed by atoms with Crippen LogP contribution in [0.5, 0.6) is 0 Å². The number of halogens is 1. The standard InChI is InChI=1S/C24H29ClN4O4/c1-4-33-22(31)19-13-20-21(30)29(18-7-5-6-16(25)12-18)24(3,14-28(20)27-19)23(32)26-17-10-8-15(2)9-11-17/h5-7,12-13,15,17H,4,8-11,14H2,1-3H3,(H,26,32). The molecule has 4 rings (SSSR count). The number of aromatic nitrogens is 2. The van der Waals surface area contributed by atoms with E-state index < -0.39 is 17.4 Å². The second-order valence-electron chi connectivity index (χ2n) is 9.12. The van der Waals surface area contributed by atoms with Gasteiger partial charge < -0.3 is 10.1 Å². The number of hydrogen-bond acceptors (Lipinski definition) is 5. The van der Waals surface area contributed by atoms with Gasteiger partial charge in [-0.05, 0) is 63.6 Å². The van der Waals surface area contributed by atoms with Crippen molar-refractivity contribution in [1.82, 2.24) is 15.1 Å². The summed E-state index contributed by atoms with van der Waals surface area (Å²) in [6, 6.07) is 8.33. The first-order chi connectivity index (χ1) is 15.7. The molecule has 176 valence electrons. The molecule has 0 radical (unpaired) electrons. The number of benzene rings is 1. The van der Waals surface area contributed by atoms with E-state index in [-0.39, 0.29) is 36.5 Å². The van der Waals surface area contributed by atoms with E-state index in [4.69, 9.17) is 16.3 Å². The first-order valence-electron chi connectivity index (χ1n) is 11.4. The second kappa shape index (κ2) is 9.17. The lowest BCUT2D eigenvalue weighted by molar-refractivity contribution is -0.127. The van der Waals surface area contributed by atoms with Gasteiger partial charge in [0, 0.05) is 22.8 Å². The predicted octanol–water partition coefficient (Wildman–Crippen LogP) is 3.83. The van der Waals surface area contributed by atoms with Crippen molar-refractivity contribution in [1.29, 1.82) is 0 Å². The number of esters is 1. The van der Waals surface area contributed by atoms with Gasteiger partial charge in [0.1, 0.15) is 11.2 Å². The van der Waals surface area contributed by atoms with Crippen molar-refractivity contribution in [3.05, 3.63) is 46.7 Å². The molecule has 1 N–H and O–H groups in total. The number of nitrogens with zero attached hydrogens (tertiary/aromatic N) is 3. The predicted molar refractivity (Wildman–Crippen MR) is 124 cm³/mol. The molecule has 0 bridgehead atoms. The number of anilines is 1. The normalized spacial score (nSPS) is 24.8. The minimum atomic E-state index is -1.27. The first kappa shape index (κ1) is 23.3. The Morgan fingerprint density at radius 1 is 1.24 bits per heavy atom. The average molecular weight is 473 g/mol. The third-order valence-corrected chi connectivity index (χ3v) is 6.78. The highest BCUT2D eigenvalue weighted by Gasteiger charge is 2.49. The maximum atomic E-state index is 13.7. The third-order valence-electron chi connectivity index (χ3n) is 6.54. The van der Waals surface area contributed by atoms with Crippen LogP contribution in [0.4, 0.5) is 5.69 Å². The molecule has 1 unspecified atom stereocenters. The Labute approximate surface area is 198 Å². The van der Waals surface area contributed by atoms with Crippen molar-refractivity contribution in [3.8, 4) is 0 Å². The molecule has 1 fully saturated rings. The zero-order valence-corrected chi connectivity index (χ0v) is 19.9. The minimum absolute atomic E-state index is 0.0390. The van der Waals surface area contributed by atoms with E-state index in [1.807, 2.05) is 0 Å². The summed E-state index contributed by atoms with van der Waals surface area (Å²) in [4.78, 5) is 41.0. The SMILES string of the molecule is CCOC(=O)c1cc2n(n1)CC(C)(C(=O)NC1CCC(C)CC1)N(c1cccc(Cl)c1)C2=O. The van der Waals surface area contributed by atoms with Gasteiger partial charge in [-0.2, -0.15) is 5.10 Å². The number of carbonyl (C=O) groups excluding carboxylic acids is 3. The number of fused-ring (bicyclic) bond motifs is 1. The molecule has 1 aromatic carbocycles. The zero-order valence-electron chi connectivity index (χ0n) is 19.1. The molecule has 1 aliphatic carbocycles. The van der Waals surface area contributed by atoms with Crippen LogP contribution in [0.2, 0.25) is 5.02 Å². The van der Waals surface area contributed by atoms with Crippen LogP contribution in [0.15, 0.2) is 30.3 Å². The first-order valence-corrected chi connectivity index (χ1v) is 11.8. The number of hydrogen-bond donors (Lipinski definition) is 1. The monoisotopic (exact) mass is 472 g/mol. The highest BCUT2D eigenvalue weighted by Crippen LogP contribution is 2.34. The van der Waals surface area contributed by atoms with Crippen molar-refractivity contribution >= 4 is 35.1 Å². The third kappa shape index (κ3) is 4.49. The molecule has 1 saturated carbocycles. The number of amides is 2. The van der Waals surface area contributed by atoms with Crippen LogP contribution in [0.3, 0.4) is 0 Å². The molecule has 8 nitrogen and oxygen atoms in total. The molecule has 0 saturated heterocycles. The quantitative estimate of drug-likeness (QED) is 0.667. The molecule has 2 amide bonds. The summed E-state index contributed by atoms with van der Waals surface area (Å²) in [7, 11) is 0. The van der Waals surface area contributed by atoms with E-state index in [9.17, 15) is 14.4 Å². The summed E-state index contributed by atoms with van der Waals surface area (Å²) in [5, 5.41) is 7.91. The summed E-state index contributed by atoms with van der Waals surface area (Å²) >= 11 is 6.22. The molecule has 0 spiro atoms. The summed E-state index contributed by atoms with van der Waals surface area (Å²) < 4.78 is 6.47. The highest BCUT2D eigenvalue weighted by molar-refractivity contribution is 6.31. The van der Waals surface area contributed by atoms with Gasteiger partial charge >= 0.3 is 5.97 Å². The molecule has 1 aromatic heterocycles. The maximum Gasteiger partial charge on any atom is 0.358 e. The number of carbonyl (C=O) groups is 3. The van der Waals surface area contributed by atoms with E-state index in [0.717, 1.165) is 25.7 Å². The van der Waals surface area contributed by atoms with Crippen LogP contribution >= 0.6 is 11.6 Å². The van der Waals surface area contributed by atoms with Crippen LogP contribution < -0.4 is 10.2 Å². The van der Waals surface area contributed by atoms with E-state index in [1.165, 1.54) is 15.6 Å². The van der Waals surface area contributed by atoms with Gasteiger partial charge in [0.15, 0.2) is 5.69 Å². The van der Waals surface area contributed by atoms with Crippen LogP contribution in [-0.2, 0) is 16.1 Å². The fourth-order valence-corrected chi connectivity index (χ4v) is 4.84. The van der Waals surface area contributed by atoms with Crippen LogP contribution in [0, 0.1) is 5.92 Å². The van der Waals surface area contributed by atoms with Crippen molar-refractivity contribution < 1.29 is 19.1 Å². The summed E-state index contributed by atoms with van der Waals surface area (Å²) in [5.41, 5.74) is -0.505. The average Bonchev–Trinajstić information content (AvgIpc) is 3.20. The smallest absolute Gasteiger partial charge is 0.358 e. The molecule has 1 atom stereocenters. The van der Waals surface area contributed by atoms with Gasteiger partial charge in [-0.25, -0.2) is 4.79 Å². The van der Waals surface area contributed by atoms with E-state index in [1.54, 1.807) is 38.1 Å². The van der Waals surface area contributed by atoms with Gasteiger partial charge in [0.2, 0.25) is 5.91 Å². The van der Waals surface area contributed by atoms with Crippen molar-refractivity contribution in [2.24, 2.45) is 5.92 Å². The highest BCUT2D eigenvalue weighted by atomic mass is 35.5. The number of nitrogens with one attached hydrogen (secondary N) is 1. The van der Waals surface area contributed by atoms with Gasteiger partial charge in [-0.3, -0.25) is 19.2 Å². The summed E-state index contributed by atoms with van der Waals surface area (Å²) in [6.45, 7) is 5.94. The largest absolute Gasteiger partial charge is 0.461 e. The molecule has 2 aliphatic rings. The van der Waals surface area contributed by atoms with Gasteiger partial charge in [-0.1, -0.05) is 24.6 Å². The van der Waals surface area contributed by atoms with Crippen LogP contribution in [0.25, 0.3) is 0 Å². The zero-order chi connectivity index (χ0) is 23.8. The van der Waals surface area contributed by atoms with Crippen molar-refractivity contribution in [2.75, 3.05) is 11.5 Å². The van der Waals surface area contributed by atoms with E-state index in [2.05, 4.69) is 17.3 Å². The fraction of sp³-hybridized carbons (Fsp3) is 0.500. The lowest BCUT2D eigenvalue weighted by atomic mass is 9.86. The molecule has 33 heavy (non-hydrogen) atoms. The minimum Gasteiger partial charge on any atom is -0.461 e. The Morgan fingerprint density at radius 2 is 1.97 bits per heavy atom.